The number of sulfonamides is 1. The van der Waals surface area contributed by atoms with Gasteiger partial charge in [-0.1, -0.05) is 31.5 Å². The Morgan fingerprint density at radius 2 is 2.00 bits per heavy atom. The van der Waals surface area contributed by atoms with Gasteiger partial charge in [-0.25, -0.2) is 8.42 Å². The fraction of sp³-hybridized carbons (Fsp3) is 0.455. The molecule has 0 radical (unpaired) electrons. The summed E-state index contributed by atoms with van der Waals surface area (Å²) in [4.78, 5) is 0. The van der Waals surface area contributed by atoms with Gasteiger partial charge in [0.05, 0.1) is 11.4 Å². The molecule has 0 amide bonds. The maximum Gasteiger partial charge on any atom is 0.232 e. The molecule has 0 aliphatic rings. The first-order valence-corrected chi connectivity index (χ1v) is 7.42. The van der Waals surface area contributed by atoms with Gasteiger partial charge in [-0.05, 0) is 18.1 Å². The number of nitrogens with one attached hydrogen (secondary N) is 1. The highest BCUT2D eigenvalue weighted by Crippen LogP contribution is 2.18. The molecule has 0 fully saturated rings. The quantitative estimate of drug-likeness (QED) is 0.801. The third-order valence-electron chi connectivity index (χ3n) is 2.19. The van der Waals surface area contributed by atoms with Crippen molar-refractivity contribution in [3.05, 3.63) is 29.8 Å². The zero-order chi connectivity index (χ0) is 12.0. The maximum atomic E-state index is 11.7. The van der Waals surface area contributed by atoms with Crippen molar-refractivity contribution >= 4 is 27.3 Å². The molecule has 5 heteroatoms. The minimum Gasteiger partial charge on any atom is -0.283 e. The first-order valence-electron chi connectivity index (χ1n) is 5.23. The topological polar surface area (TPSA) is 46.2 Å². The molecule has 0 aliphatic carbocycles. The van der Waals surface area contributed by atoms with E-state index < -0.39 is 10.0 Å². The van der Waals surface area contributed by atoms with Gasteiger partial charge in [-0.15, -0.1) is 11.6 Å². The standard InChI is InChI=1S/C11H16ClNO2S/c1-2-3-8-16(14,15)13-11-7-5-4-6-10(11)9-12/h4-7,13H,2-3,8-9H2,1H3. The highest BCUT2D eigenvalue weighted by atomic mass is 35.5. The van der Waals surface area contributed by atoms with E-state index in [0.717, 1.165) is 12.0 Å². The SMILES string of the molecule is CCCCS(=O)(=O)Nc1ccccc1CCl. The Hall–Kier alpha value is -0.740. The van der Waals surface area contributed by atoms with Crippen LogP contribution in [-0.4, -0.2) is 14.2 Å². The lowest BCUT2D eigenvalue weighted by atomic mass is 10.2. The molecule has 90 valence electrons. The van der Waals surface area contributed by atoms with Crippen molar-refractivity contribution in [2.75, 3.05) is 10.5 Å². The van der Waals surface area contributed by atoms with Gasteiger partial charge in [0, 0.05) is 5.88 Å². The molecule has 1 aromatic carbocycles. The predicted molar refractivity (Wildman–Crippen MR) is 68.3 cm³/mol. The van der Waals surface area contributed by atoms with E-state index in [-0.39, 0.29) is 5.75 Å². The predicted octanol–water partition coefficient (Wildman–Crippen LogP) is 2.97. The number of hydrogen-bond acceptors (Lipinski definition) is 2. The van der Waals surface area contributed by atoms with Crippen LogP contribution in [0.15, 0.2) is 24.3 Å². The van der Waals surface area contributed by atoms with Gasteiger partial charge in [-0.3, -0.25) is 4.72 Å². The van der Waals surface area contributed by atoms with Gasteiger partial charge in [0.2, 0.25) is 10.0 Å². The van der Waals surface area contributed by atoms with Crippen molar-refractivity contribution in [1.82, 2.24) is 0 Å². The summed E-state index contributed by atoms with van der Waals surface area (Å²) in [6.07, 6.45) is 1.52. The lowest BCUT2D eigenvalue weighted by Crippen LogP contribution is -2.17. The fourth-order valence-corrected chi connectivity index (χ4v) is 2.83. The van der Waals surface area contributed by atoms with Crippen LogP contribution in [0.4, 0.5) is 5.69 Å². The van der Waals surface area contributed by atoms with Crippen LogP contribution in [0.2, 0.25) is 0 Å². The summed E-state index contributed by atoms with van der Waals surface area (Å²) in [6.45, 7) is 1.96. The van der Waals surface area contributed by atoms with E-state index in [1.807, 2.05) is 19.1 Å². The number of hydrogen-bond donors (Lipinski definition) is 1. The number of benzene rings is 1. The van der Waals surface area contributed by atoms with E-state index in [4.69, 9.17) is 11.6 Å². The normalized spacial score (nSPS) is 11.4. The smallest absolute Gasteiger partial charge is 0.232 e. The maximum absolute atomic E-state index is 11.7. The molecule has 16 heavy (non-hydrogen) atoms. The molecular weight excluding hydrogens is 246 g/mol. The minimum absolute atomic E-state index is 0.153. The average molecular weight is 262 g/mol. The highest BCUT2D eigenvalue weighted by molar-refractivity contribution is 7.92. The van der Waals surface area contributed by atoms with E-state index in [0.29, 0.717) is 18.0 Å². The van der Waals surface area contributed by atoms with Crippen molar-refractivity contribution in [3.63, 3.8) is 0 Å². The number of alkyl halides is 1. The summed E-state index contributed by atoms with van der Waals surface area (Å²) in [7, 11) is -3.24. The molecule has 3 nitrogen and oxygen atoms in total. The third kappa shape index (κ3) is 4.02. The van der Waals surface area contributed by atoms with Crippen molar-refractivity contribution in [1.29, 1.82) is 0 Å². The Kier molecular flexibility index (Phi) is 5.09. The van der Waals surface area contributed by atoms with Gasteiger partial charge in [-0.2, -0.15) is 0 Å². The Morgan fingerprint density at radius 1 is 1.31 bits per heavy atom. The van der Waals surface area contributed by atoms with E-state index in [2.05, 4.69) is 4.72 Å². The van der Waals surface area contributed by atoms with Crippen LogP contribution >= 0.6 is 11.6 Å². The van der Waals surface area contributed by atoms with Gasteiger partial charge in [0.15, 0.2) is 0 Å². The van der Waals surface area contributed by atoms with E-state index >= 15 is 0 Å². The van der Waals surface area contributed by atoms with Crippen molar-refractivity contribution in [2.24, 2.45) is 0 Å². The lowest BCUT2D eigenvalue weighted by Gasteiger charge is -2.10. The van der Waals surface area contributed by atoms with Gasteiger partial charge in [0.1, 0.15) is 0 Å². The van der Waals surface area contributed by atoms with Crippen LogP contribution in [0.1, 0.15) is 25.3 Å². The average Bonchev–Trinajstić information content (AvgIpc) is 2.27. The van der Waals surface area contributed by atoms with Crippen LogP contribution in [0.5, 0.6) is 0 Å². The number of rotatable bonds is 6. The Bertz CT molecular complexity index is 431. The van der Waals surface area contributed by atoms with Crippen molar-refractivity contribution < 1.29 is 8.42 Å². The third-order valence-corrected chi connectivity index (χ3v) is 3.84. The highest BCUT2D eigenvalue weighted by Gasteiger charge is 2.11. The first kappa shape index (κ1) is 13.3. The first-order chi connectivity index (χ1) is 7.59. The number of halogens is 1. The van der Waals surface area contributed by atoms with Crippen molar-refractivity contribution in [3.8, 4) is 0 Å². The van der Waals surface area contributed by atoms with E-state index in [9.17, 15) is 8.42 Å². The molecular formula is C11H16ClNO2S. The summed E-state index contributed by atoms with van der Waals surface area (Å²) in [5, 5.41) is 0. The number of anilines is 1. The molecule has 1 N–H and O–H groups in total. The molecule has 0 bridgehead atoms. The summed E-state index contributed by atoms with van der Waals surface area (Å²) in [5.41, 5.74) is 1.37. The second-order valence-corrected chi connectivity index (χ2v) is 5.67. The van der Waals surface area contributed by atoms with Crippen LogP contribution in [0.25, 0.3) is 0 Å². The van der Waals surface area contributed by atoms with Gasteiger partial charge >= 0.3 is 0 Å². The van der Waals surface area contributed by atoms with Crippen LogP contribution < -0.4 is 4.72 Å². The molecule has 0 aromatic heterocycles. The summed E-state index contributed by atoms with van der Waals surface area (Å²) in [6, 6.07) is 7.15. The van der Waals surface area contributed by atoms with Crippen LogP contribution in [-0.2, 0) is 15.9 Å². The molecule has 0 spiro atoms. The Balaban J connectivity index is 2.79. The zero-order valence-corrected chi connectivity index (χ0v) is 10.8. The number of unbranched alkanes of at least 4 members (excludes halogenated alkanes) is 1. The van der Waals surface area contributed by atoms with Crippen LogP contribution in [0.3, 0.4) is 0 Å². The Morgan fingerprint density at radius 3 is 2.62 bits per heavy atom. The monoisotopic (exact) mass is 261 g/mol. The minimum atomic E-state index is -3.24. The second kappa shape index (κ2) is 6.11. The second-order valence-electron chi connectivity index (χ2n) is 3.57. The van der Waals surface area contributed by atoms with Crippen molar-refractivity contribution in [2.45, 2.75) is 25.6 Å². The van der Waals surface area contributed by atoms with E-state index in [1.165, 1.54) is 0 Å². The molecule has 0 saturated heterocycles. The van der Waals surface area contributed by atoms with Crippen LogP contribution in [0, 0.1) is 0 Å². The molecule has 1 rings (SSSR count). The summed E-state index contributed by atoms with van der Waals surface area (Å²) < 4.78 is 25.9. The zero-order valence-electron chi connectivity index (χ0n) is 9.24. The largest absolute Gasteiger partial charge is 0.283 e. The van der Waals surface area contributed by atoms with E-state index in [1.54, 1.807) is 12.1 Å². The fourth-order valence-electron chi connectivity index (χ4n) is 1.29. The molecule has 0 saturated carbocycles. The van der Waals surface area contributed by atoms with Gasteiger partial charge in [0.25, 0.3) is 0 Å². The molecule has 0 atom stereocenters. The molecule has 0 aliphatic heterocycles. The molecule has 0 unspecified atom stereocenters. The van der Waals surface area contributed by atoms with Gasteiger partial charge < -0.3 is 0 Å². The summed E-state index contributed by atoms with van der Waals surface area (Å²) >= 11 is 5.73. The molecule has 0 heterocycles. The number of para-hydroxylation sites is 1. The molecule has 1 aromatic rings. The Labute approximate surface area is 102 Å². The lowest BCUT2D eigenvalue weighted by molar-refractivity contribution is 0.598. The summed E-state index contributed by atoms with van der Waals surface area (Å²) in [5.74, 6) is 0.451.